The van der Waals surface area contributed by atoms with E-state index in [0.717, 1.165) is 38.4 Å². The zero-order chi connectivity index (χ0) is 15.6. The first-order valence-electron chi connectivity index (χ1n) is 7.58. The molecule has 0 aliphatic rings. The number of hydrogen-bond donors (Lipinski definition) is 2. The van der Waals surface area contributed by atoms with Gasteiger partial charge >= 0.3 is 0 Å². The maximum atomic E-state index is 4.26. The first kappa shape index (κ1) is 19.9. The summed E-state index contributed by atoms with van der Waals surface area (Å²) in [5, 5.41) is 18.6. The van der Waals surface area contributed by atoms with Crippen LogP contribution in [0, 0.1) is 0 Å². The van der Waals surface area contributed by atoms with Crippen LogP contribution in [0.25, 0.3) is 0 Å². The summed E-state index contributed by atoms with van der Waals surface area (Å²) in [5.74, 6) is 1.35. The molecule has 0 radical (unpaired) electrons. The first-order valence-corrected chi connectivity index (χ1v) is 8.53. The molecule has 0 saturated heterocycles. The second-order valence-electron chi connectivity index (χ2n) is 5.24. The molecule has 2 heterocycles. The Kier molecular flexibility index (Phi) is 9.85. The Bertz CT molecular complexity index is 540. The van der Waals surface area contributed by atoms with Crippen LogP contribution in [-0.2, 0) is 6.54 Å². The fourth-order valence-electron chi connectivity index (χ4n) is 2.11. The Hall–Kier alpha value is -1.16. The van der Waals surface area contributed by atoms with Crippen molar-refractivity contribution in [1.29, 1.82) is 0 Å². The lowest BCUT2D eigenvalue weighted by molar-refractivity contribution is 0.596. The largest absolute Gasteiger partial charge is 0.356 e. The number of thiophene rings is 1. The molecule has 0 aliphatic heterocycles. The second-order valence-corrected chi connectivity index (χ2v) is 6.02. The fraction of sp³-hybridized carbons (Fsp3) is 0.533. The van der Waals surface area contributed by atoms with Crippen molar-refractivity contribution in [2.45, 2.75) is 32.2 Å². The molecule has 2 rings (SSSR count). The number of unbranched alkanes of at least 4 members (excludes halogenated alkanes) is 1. The van der Waals surface area contributed by atoms with Crippen LogP contribution in [0.3, 0.4) is 0 Å². The minimum Gasteiger partial charge on any atom is -0.356 e. The van der Waals surface area contributed by atoms with E-state index < -0.39 is 0 Å². The van der Waals surface area contributed by atoms with Gasteiger partial charge in [-0.3, -0.25) is 4.99 Å². The van der Waals surface area contributed by atoms with E-state index in [1.54, 1.807) is 24.0 Å². The number of rotatable bonds is 8. The minimum absolute atomic E-state index is 0. The summed E-state index contributed by atoms with van der Waals surface area (Å²) in [6.07, 6.45) is 5.67. The van der Waals surface area contributed by atoms with Crippen LogP contribution in [-0.4, -0.2) is 40.9 Å². The average molecular weight is 448 g/mol. The van der Waals surface area contributed by atoms with Crippen molar-refractivity contribution in [3.63, 3.8) is 0 Å². The van der Waals surface area contributed by atoms with E-state index in [-0.39, 0.29) is 24.0 Å². The summed E-state index contributed by atoms with van der Waals surface area (Å²) >= 11 is 1.74. The van der Waals surface area contributed by atoms with Crippen molar-refractivity contribution in [3.05, 3.63) is 35.0 Å². The molecule has 2 N–H and O–H groups in total. The number of nitrogens with one attached hydrogen (secondary N) is 2. The Labute approximate surface area is 158 Å². The molecule has 2 aromatic heterocycles. The molecule has 6 nitrogen and oxygen atoms in total. The lowest BCUT2D eigenvalue weighted by Crippen LogP contribution is -2.39. The van der Waals surface area contributed by atoms with Gasteiger partial charge in [-0.15, -0.1) is 34.2 Å². The lowest BCUT2D eigenvalue weighted by atomic mass is 10.1. The Balaban J connectivity index is 0.00000264. The van der Waals surface area contributed by atoms with E-state index in [9.17, 15) is 0 Å². The van der Waals surface area contributed by atoms with Gasteiger partial charge in [0.05, 0.1) is 0 Å². The standard InChI is InChI=1S/C15H24N6S.HI/c1-13(14-5-8-22-10-14)9-18-15(16-2)17-6-3-4-7-21-11-19-20-12-21;/h5,8,10-13H,3-4,6-7,9H2,1-2H3,(H2,16,17,18);1H. The van der Waals surface area contributed by atoms with Crippen LogP contribution in [0.4, 0.5) is 0 Å². The van der Waals surface area contributed by atoms with Crippen molar-refractivity contribution < 1.29 is 0 Å². The highest BCUT2D eigenvalue weighted by molar-refractivity contribution is 14.0. The molecule has 1 atom stereocenters. The monoisotopic (exact) mass is 448 g/mol. The van der Waals surface area contributed by atoms with Crippen molar-refractivity contribution >= 4 is 41.3 Å². The van der Waals surface area contributed by atoms with Crippen molar-refractivity contribution in [1.82, 2.24) is 25.4 Å². The number of aliphatic imine (C=N–C) groups is 1. The van der Waals surface area contributed by atoms with Gasteiger partial charge in [-0.25, -0.2) is 0 Å². The number of guanidine groups is 1. The zero-order valence-electron chi connectivity index (χ0n) is 13.6. The summed E-state index contributed by atoms with van der Waals surface area (Å²) in [6.45, 7) is 4.98. The Morgan fingerprint density at radius 2 is 2.09 bits per heavy atom. The van der Waals surface area contributed by atoms with Gasteiger partial charge < -0.3 is 15.2 Å². The molecule has 2 aromatic rings. The third-order valence-electron chi connectivity index (χ3n) is 3.51. The van der Waals surface area contributed by atoms with Crippen molar-refractivity contribution in [3.8, 4) is 0 Å². The Morgan fingerprint density at radius 3 is 2.74 bits per heavy atom. The normalized spacial score (nSPS) is 12.5. The van der Waals surface area contributed by atoms with Gasteiger partial charge in [0.15, 0.2) is 5.96 Å². The third kappa shape index (κ3) is 7.30. The SMILES string of the molecule is CN=C(NCCCCn1cnnc1)NCC(C)c1ccsc1.I. The fourth-order valence-corrected chi connectivity index (χ4v) is 2.89. The van der Waals surface area contributed by atoms with Crippen LogP contribution in [0.5, 0.6) is 0 Å². The van der Waals surface area contributed by atoms with Gasteiger partial charge in [0.2, 0.25) is 0 Å². The predicted octanol–water partition coefficient (Wildman–Crippen LogP) is 2.71. The van der Waals surface area contributed by atoms with E-state index in [1.807, 2.05) is 11.6 Å². The highest BCUT2D eigenvalue weighted by atomic mass is 127. The van der Waals surface area contributed by atoms with E-state index >= 15 is 0 Å². The quantitative estimate of drug-likeness (QED) is 0.282. The van der Waals surface area contributed by atoms with Gasteiger partial charge in [-0.05, 0) is 41.1 Å². The number of aromatic nitrogens is 3. The Morgan fingerprint density at radius 1 is 1.30 bits per heavy atom. The van der Waals surface area contributed by atoms with Gasteiger partial charge in [0, 0.05) is 26.7 Å². The molecule has 1 unspecified atom stereocenters. The molecule has 128 valence electrons. The van der Waals surface area contributed by atoms with E-state index in [2.05, 4.69) is 49.6 Å². The van der Waals surface area contributed by atoms with Gasteiger partial charge in [0.1, 0.15) is 12.7 Å². The molecule has 0 spiro atoms. The second kappa shape index (κ2) is 11.4. The van der Waals surface area contributed by atoms with Crippen LogP contribution in [0.1, 0.15) is 31.2 Å². The summed E-state index contributed by atoms with van der Waals surface area (Å²) in [6, 6.07) is 2.18. The molecular formula is C15H25IN6S. The maximum Gasteiger partial charge on any atom is 0.190 e. The van der Waals surface area contributed by atoms with E-state index in [0.29, 0.717) is 5.92 Å². The molecule has 0 bridgehead atoms. The first-order chi connectivity index (χ1) is 10.8. The smallest absolute Gasteiger partial charge is 0.190 e. The molecule has 0 saturated carbocycles. The van der Waals surface area contributed by atoms with Crippen LogP contribution in [0.2, 0.25) is 0 Å². The molecule has 0 fully saturated rings. The van der Waals surface area contributed by atoms with E-state index in [4.69, 9.17) is 0 Å². The van der Waals surface area contributed by atoms with Gasteiger partial charge in [0.25, 0.3) is 0 Å². The summed E-state index contributed by atoms with van der Waals surface area (Å²) in [5.41, 5.74) is 1.38. The van der Waals surface area contributed by atoms with Crippen molar-refractivity contribution in [2.75, 3.05) is 20.1 Å². The zero-order valence-corrected chi connectivity index (χ0v) is 16.8. The molecule has 23 heavy (non-hydrogen) atoms. The molecule has 0 aromatic carbocycles. The van der Waals surface area contributed by atoms with E-state index in [1.165, 1.54) is 5.56 Å². The lowest BCUT2D eigenvalue weighted by Gasteiger charge is -2.15. The highest BCUT2D eigenvalue weighted by Crippen LogP contribution is 2.16. The van der Waals surface area contributed by atoms with Crippen LogP contribution >= 0.6 is 35.3 Å². The highest BCUT2D eigenvalue weighted by Gasteiger charge is 2.06. The van der Waals surface area contributed by atoms with Crippen molar-refractivity contribution in [2.24, 2.45) is 4.99 Å². The minimum atomic E-state index is 0. The number of aryl methyl sites for hydroxylation is 1. The summed E-state index contributed by atoms with van der Waals surface area (Å²) in [7, 11) is 1.81. The molecule has 8 heteroatoms. The summed E-state index contributed by atoms with van der Waals surface area (Å²) < 4.78 is 2.00. The van der Waals surface area contributed by atoms with Gasteiger partial charge in [-0.2, -0.15) is 11.3 Å². The number of nitrogens with zero attached hydrogens (tertiary/aromatic N) is 4. The molecule has 0 amide bonds. The topological polar surface area (TPSA) is 67.1 Å². The molecular weight excluding hydrogens is 423 g/mol. The van der Waals surface area contributed by atoms with Crippen LogP contribution in [0.15, 0.2) is 34.5 Å². The van der Waals surface area contributed by atoms with Gasteiger partial charge in [-0.1, -0.05) is 6.92 Å². The number of halogens is 1. The number of hydrogen-bond acceptors (Lipinski definition) is 4. The average Bonchev–Trinajstić information content (AvgIpc) is 3.22. The van der Waals surface area contributed by atoms with Crippen LogP contribution < -0.4 is 10.6 Å². The summed E-state index contributed by atoms with van der Waals surface area (Å²) in [4.78, 5) is 4.26. The molecule has 0 aliphatic carbocycles. The maximum absolute atomic E-state index is 4.26. The third-order valence-corrected chi connectivity index (χ3v) is 4.22. The predicted molar refractivity (Wildman–Crippen MR) is 107 cm³/mol.